The number of nitrogens with zero attached hydrogens (tertiary/aromatic N) is 1. The van der Waals surface area contributed by atoms with Gasteiger partial charge in [-0.1, -0.05) is 17.7 Å². The molecule has 1 aromatic carbocycles. The first-order valence-corrected chi connectivity index (χ1v) is 6.82. The van der Waals surface area contributed by atoms with Crippen LogP contribution in [0.1, 0.15) is 29.3 Å². The lowest BCUT2D eigenvalue weighted by Gasteiger charge is -2.20. The third kappa shape index (κ3) is 5.01. The first-order valence-electron chi connectivity index (χ1n) is 6.82. The minimum atomic E-state index is -0.253. The van der Waals surface area contributed by atoms with E-state index in [1.807, 2.05) is 26.0 Å². The highest BCUT2D eigenvalue weighted by molar-refractivity contribution is 5.96. The molecule has 0 bridgehead atoms. The summed E-state index contributed by atoms with van der Waals surface area (Å²) in [6.07, 6.45) is 0.547. The van der Waals surface area contributed by atoms with Crippen LogP contribution in [-0.4, -0.2) is 48.1 Å². The van der Waals surface area contributed by atoms with Gasteiger partial charge in [-0.15, -0.1) is 0 Å². The molecular weight excluding hydrogens is 256 g/mol. The zero-order chi connectivity index (χ0) is 15.0. The average molecular weight is 278 g/mol. The van der Waals surface area contributed by atoms with Crippen LogP contribution >= 0.6 is 0 Å². The summed E-state index contributed by atoms with van der Waals surface area (Å²) in [5, 5.41) is 11.4. The maximum atomic E-state index is 11.9. The van der Waals surface area contributed by atoms with Gasteiger partial charge in [0.25, 0.3) is 5.91 Å². The second-order valence-corrected chi connectivity index (χ2v) is 4.60. The van der Waals surface area contributed by atoms with Crippen LogP contribution in [0.4, 0.5) is 0 Å². The molecule has 0 unspecified atom stereocenters. The third-order valence-electron chi connectivity index (χ3n) is 3.03. The topological polar surface area (TPSA) is 69.6 Å². The minimum Gasteiger partial charge on any atom is -0.396 e. The molecule has 0 spiro atoms. The number of aliphatic hydroxyl groups is 1. The number of aliphatic hydroxyl groups excluding tert-OH is 1. The molecule has 0 aliphatic rings. The number of amides is 2. The van der Waals surface area contributed by atoms with E-state index < -0.39 is 0 Å². The van der Waals surface area contributed by atoms with Crippen LogP contribution in [0, 0.1) is 6.92 Å². The largest absolute Gasteiger partial charge is 0.396 e. The fraction of sp³-hybridized carbons (Fsp3) is 0.467. The van der Waals surface area contributed by atoms with Gasteiger partial charge in [0.05, 0.1) is 6.54 Å². The number of carbonyl (C=O) groups excluding carboxylic acids is 2. The highest BCUT2D eigenvalue weighted by atomic mass is 16.3. The maximum Gasteiger partial charge on any atom is 0.251 e. The number of aryl methyl sites for hydroxylation is 1. The molecule has 0 heterocycles. The molecule has 0 saturated heterocycles. The molecular formula is C15H22N2O3. The van der Waals surface area contributed by atoms with E-state index in [-0.39, 0.29) is 25.0 Å². The Kier molecular flexibility index (Phi) is 6.73. The Morgan fingerprint density at radius 3 is 2.45 bits per heavy atom. The monoisotopic (exact) mass is 278 g/mol. The van der Waals surface area contributed by atoms with Crippen molar-refractivity contribution in [3.63, 3.8) is 0 Å². The lowest BCUT2D eigenvalue weighted by molar-refractivity contribution is -0.130. The Morgan fingerprint density at radius 2 is 1.90 bits per heavy atom. The molecule has 0 aliphatic heterocycles. The zero-order valence-corrected chi connectivity index (χ0v) is 12.1. The predicted molar refractivity (Wildman–Crippen MR) is 77.5 cm³/mol. The Hall–Kier alpha value is -1.88. The van der Waals surface area contributed by atoms with Gasteiger partial charge in [0, 0.05) is 25.3 Å². The summed E-state index contributed by atoms with van der Waals surface area (Å²) >= 11 is 0. The van der Waals surface area contributed by atoms with E-state index in [1.54, 1.807) is 17.0 Å². The molecule has 0 radical (unpaired) electrons. The van der Waals surface area contributed by atoms with Crippen molar-refractivity contribution >= 4 is 11.8 Å². The van der Waals surface area contributed by atoms with Crippen LogP contribution in [0.5, 0.6) is 0 Å². The molecule has 110 valence electrons. The van der Waals surface area contributed by atoms with E-state index >= 15 is 0 Å². The number of rotatable bonds is 7. The quantitative estimate of drug-likeness (QED) is 0.780. The Morgan fingerprint density at radius 1 is 1.25 bits per heavy atom. The third-order valence-corrected chi connectivity index (χ3v) is 3.03. The summed E-state index contributed by atoms with van der Waals surface area (Å²) in [7, 11) is 0. The lowest BCUT2D eigenvalue weighted by atomic mass is 10.1. The summed E-state index contributed by atoms with van der Waals surface area (Å²) in [6.45, 7) is 4.93. The van der Waals surface area contributed by atoms with Gasteiger partial charge in [0.1, 0.15) is 0 Å². The van der Waals surface area contributed by atoms with Crippen molar-refractivity contribution < 1.29 is 14.7 Å². The Bertz CT molecular complexity index is 443. The molecule has 0 aromatic heterocycles. The molecule has 0 aliphatic carbocycles. The molecule has 0 saturated carbocycles. The molecule has 0 fully saturated rings. The molecule has 2 amide bonds. The van der Waals surface area contributed by atoms with Gasteiger partial charge < -0.3 is 15.3 Å². The van der Waals surface area contributed by atoms with Gasteiger partial charge in [0.2, 0.25) is 5.91 Å². The van der Waals surface area contributed by atoms with Gasteiger partial charge in [0.15, 0.2) is 0 Å². The van der Waals surface area contributed by atoms with Crippen molar-refractivity contribution in [2.45, 2.75) is 20.3 Å². The van der Waals surface area contributed by atoms with Crippen molar-refractivity contribution in [3.05, 3.63) is 35.4 Å². The molecule has 0 atom stereocenters. The van der Waals surface area contributed by atoms with Crippen molar-refractivity contribution in [2.24, 2.45) is 0 Å². The molecule has 5 heteroatoms. The summed E-state index contributed by atoms with van der Waals surface area (Å²) in [4.78, 5) is 25.4. The van der Waals surface area contributed by atoms with E-state index in [4.69, 9.17) is 5.11 Å². The molecule has 20 heavy (non-hydrogen) atoms. The molecule has 5 nitrogen and oxygen atoms in total. The first-order chi connectivity index (χ1) is 9.58. The number of nitrogens with one attached hydrogen (secondary N) is 1. The van der Waals surface area contributed by atoms with Crippen LogP contribution in [0.3, 0.4) is 0 Å². The van der Waals surface area contributed by atoms with Gasteiger partial charge >= 0.3 is 0 Å². The summed E-state index contributed by atoms with van der Waals surface area (Å²) in [6, 6.07) is 7.18. The number of hydrogen-bond acceptors (Lipinski definition) is 3. The minimum absolute atomic E-state index is 0.0218. The van der Waals surface area contributed by atoms with Crippen LogP contribution in [-0.2, 0) is 4.79 Å². The number of hydrogen-bond donors (Lipinski definition) is 2. The summed E-state index contributed by atoms with van der Waals surface area (Å²) in [5.74, 6) is -0.391. The van der Waals surface area contributed by atoms with Gasteiger partial charge in [-0.2, -0.15) is 0 Å². The first kappa shape index (κ1) is 16.2. The van der Waals surface area contributed by atoms with Crippen LogP contribution in [0.2, 0.25) is 0 Å². The fourth-order valence-corrected chi connectivity index (χ4v) is 1.80. The Labute approximate surface area is 119 Å². The maximum absolute atomic E-state index is 11.9. The smallest absolute Gasteiger partial charge is 0.251 e. The van der Waals surface area contributed by atoms with E-state index in [0.717, 1.165) is 5.56 Å². The van der Waals surface area contributed by atoms with Crippen LogP contribution in [0.15, 0.2) is 24.3 Å². The standard InChI is InChI=1S/C15H22N2O3/c1-3-17(9-4-10-18)14(19)11-16-15(20)13-7-5-12(2)6-8-13/h5-8,18H,3-4,9-11H2,1-2H3,(H,16,20). The van der Waals surface area contributed by atoms with Crippen molar-refractivity contribution in [2.75, 3.05) is 26.2 Å². The van der Waals surface area contributed by atoms with Gasteiger partial charge in [-0.25, -0.2) is 0 Å². The highest BCUT2D eigenvalue weighted by Crippen LogP contribution is 2.02. The van der Waals surface area contributed by atoms with Crippen LogP contribution in [0.25, 0.3) is 0 Å². The van der Waals surface area contributed by atoms with E-state index in [1.165, 1.54) is 0 Å². The Balaban J connectivity index is 2.47. The molecule has 1 rings (SSSR count). The zero-order valence-electron chi connectivity index (χ0n) is 12.1. The van der Waals surface area contributed by atoms with E-state index in [2.05, 4.69) is 5.32 Å². The van der Waals surface area contributed by atoms with E-state index in [0.29, 0.717) is 25.1 Å². The normalized spacial score (nSPS) is 10.2. The predicted octanol–water partition coefficient (Wildman–Crippen LogP) is 0.956. The average Bonchev–Trinajstić information content (AvgIpc) is 2.46. The second-order valence-electron chi connectivity index (χ2n) is 4.60. The second kappa shape index (κ2) is 8.32. The fourth-order valence-electron chi connectivity index (χ4n) is 1.80. The van der Waals surface area contributed by atoms with Crippen LogP contribution < -0.4 is 5.32 Å². The summed E-state index contributed by atoms with van der Waals surface area (Å²) < 4.78 is 0. The van der Waals surface area contributed by atoms with E-state index in [9.17, 15) is 9.59 Å². The molecule has 2 N–H and O–H groups in total. The van der Waals surface area contributed by atoms with Gasteiger partial charge in [-0.3, -0.25) is 9.59 Å². The number of carbonyl (C=O) groups is 2. The molecule has 1 aromatic rings. The van der Waals surface area contributed by atoms with Gasteiger partial charge in [-0.05, 0) is 32.4 Å². The van der Waals surface area contributed by atoms with Crippen molar-refractivity contribution in [3.8, 4) is 0 Å². The van der Waals surface area contributed by atoms with Crippen molar-refractivity contribution in [1.82, 2.24) is 10.2 Å². The highest BCUT2D eigenvalue weighted by Gasteiger charge is 2.13. The summed E-state index contributed by atoms with van der Waals surface area (Å²) in [5.41, 5.74) is 1.63. The number of likely N-dealkylation sites (N-methyl/N-ethyl adjacent to an activating group) is 1. The lowest BCUT2D eigenvalue weighted by Crippen LogP contribution is -2.40. The SMILES string of the molecule is CCN(CCCO)C(=O)CNC(=O)c1ccc(C)cc1. The number of benzene rings is 1. The van der Waals surface area contributed by atoms with Crippen molar-refractivity contribution in [1.29, 1.82) is 0 Å².